The molecule has 0 radical (unpaired) electrons. The number of hydrogen-bond donors (Lipinski definition) is 0. The third-order valence-electron chi connectivity index (χ3n) is 12.9. The van der Waals surface area contributed by atoms with E-state index < -0.39 is 0 Å². The van der Waals surface area contributed by atoms with Crippen LogP contribution in [0.15, 0.2) is 203 Å². The second-order valence-corrected chi connectivity index (χ2v) is 16.4. The molecule has 4 aliphatic rings. The van der Waals surface area contributed by atoms with Crippen LogP contribution in [-0.4, -0.2) is 5.71 Å². The van der Waals surface area contributed by atoms with Gasteiger partial charge in [-0.15, -0.1) is 0 Å². The number of rotatable bonds is 6. The van der Waals surface area contributed by atoms with Gasteiger partial charge in [-0.25, -0.2) is 0 Å². The maximum Gasteiger partial charge on any atom is 0.143 e. The van der Waals surface area contributed by atoms with Crippen molar-refractivity contribution in [3.8, 4) is 0 Å². The molecule has 3 aliphatic carbocycles. The molecule has 0 amide bonds. The molecule has 0 fully saturated rings. The van der Waals surface area contributed by atoms with Gasteiger partial charge in [0.05, 0.1) is 11.8 Å². The summed E-state index contributed by atoms with van der Waals surface area (Å²) in [6.07, 6.45) is 24.3. The van der Waals surface area contributed by atoms with Gasteiger partial charge in [0.1, 0.15) is 11.2 Å². The molecular formula is C57H45NO. The van der Waals surface area contributed by atoms with Crippen molar-refractivity contribution in [2.75, 3.05) is 0 Å². The Hall–Kier alpha value is -6.77. The second kappa shape index (κ2) is 14.9. The van der Waals surface area contributed by atoms with Crippen molar-refractivity contribution in [2.45, 2.75) is 50.5 Å². The Labute approximate surface area is 346 Å². The Balaban J connectivity index is 0.947. The molecule has 2 heterocycles. The summed E-state index contributed by atoms with van der Waals surface area (Å²) in [5, 5.41) is 4.88. The van der Waals surface area contributed by atoms with E-state index >= 15 is 0 Å². The number of furan rings is 1. The molecule has 0 bridgehead atoms. The molecule has 2 heteroatoms. The zero-order valence-electron chi connectivity index (χ0n) is 33.2. The van der Waals surface area contributed by atoms with Crippen LogP contribution in [0.5, 0.6) is 0 Å². The highest BCUT2D eigenvalue weighted by atomic mass is 16.3. The Kier molecular flexibility index (Phi) is 8.92. The Morgan fingerprint density at radius 3 is 2.25 bits per heavy atom. The molecule has 7 aromatic rings. The lowest BCUT2D eigenvalue weighted by Gasteiger charge is -2.24. The minimum atomic E-state index is 0.0214. The van der Waals surface area contributed by atoms with Gasteiger partial charge in [0.2, 0.25) is 0 Å². The van der Waals surface area contributed by atoms with Crippen molar-refractivity contribution in [3.63, 3.8) is 0 Å². The maximum atomic E-state index is 6.77. The molecule has 0 saturated heterocycles. The predicted octanol–water partition coefficient (Wildman–Crippen LogP) is 15.2. The number of fused-ring (bicyclic) bond motifs is 6. The maximum absolute atomic E-state index is 6.77. The van der Waals surface area contributed by atoms with Crippen LogP contribution >= 0.6 is 0 Å². The molecular weight excluding hydrogens is 715 g/mol. The highest BCUT2D eigenvalue weighted by Crippen LogP contribution is 2.46. The monoisotopic (exact) mass is 759 g/mol. The third-order valence-corrected chi connectivity index (χ3v) is 12.9. The number of benzene rings is 6. The Morgan fingerprint density at radius 2 is 1.42 bits per heavy atom. The van der Waals surface area contributed by atoms with Crippen molar-refractivity contribution in [3.05, 3.63) is 232 Å². The summed E-state index contributed by atoms with van der Waals surface area (Å²) in [6, 6.07) is 46.4. The van der Waals surface area contributed by atoms with Crippen LogP contribution in [0.2, 0.25) is 0 Å². The van der Waals surface area contributed by atoms with E-state index in [1.54, 1.807) is 0 Å². The van der Waals surface area contributed by atoms with Crippen LogP contribution in [0, 0.1) is 0 Å². The van der Waals surface area contributed by atoms with E-state index in [-0.39, 0.29) is 12.0 Å². The standard InChI is InChI=1S/C57H45NO/c1-37-34-53(43-17-6-3-7-18-43)58-54(36-50(37)41-14-4-2-5-15-41)44-32-28-39(29-33-44)38-26-30-42(31-27-38)46-23-13-25-55-56(46)52-35-51(48-21-10-11-22-49(48)57(52)59-55)47-24-12-19-40-16-8-9-20-45(40)47/h3-4,6-23,25-26,28-30,32-33,35-36,47,53H,1-2,5,24,27,31,34H2. The lowest BCUT2D eigenvalue weighted by molar-refractivity contribution is 0.672. The molecule has 6 aromatic carbocycles. The van der Waals surface area contributed by atoms with Gasteiger partial charge in [0, 0.05) is 22.1 Å². The van der Waals surface area contributed by atoms with Crippen LogP contribution < -0.4 is 0 Å². The predicted molar refractivity (Wildman–Crippen MR) is 249 cm³/mol. The van der Waals surface area contributed by atoms with Gasteiger partial charge < -0.3 is 4.42 Å². The summed E-state index contributed by atoms with van der Waals surface area (Å²) in [4.78, 5) is 5.39. The summed E-state index contributed by atoms with van der Waals surface area (Å²) in [6.45, 7) is 4.57. The zero-order valence-corrected chi connectivity index (χ0v) is 33.2. The molecule has 1 aromatic heterocycles. The number of hydrogen-bond acceptors (Lipinski definition) is 2. The SMILES string of the molecule is C=C1CC(c2ccccc2)N=C(c2ccc(C3=CC=C(c4cccc5oc6c7ccccc7c(C7CC=Cc8ccccc87)cc6c45)CC3)cc2)C=C1C1=CCCC=C1. The first-order chi connectivity index (χ1) is 29.2. The number of allylic oxidation sites excluding steroid dienone is 11. The van der Waals surface area contributed by atoms with Crippen LogP contribution in [0.4, 0.5) is 0 Å². The van der Waals surface area contributed by atoms with Crippen molar-refractivity contribution in [2.24, 2.45) is 4.99 Å². The smallest absolute Gasteiger partial charge is 0.143 e. The van der Waals surface area contributed by atoms with Gasteiger partial charge in [-0.1, -0.05) is 164 Å². The molecule has 284 valence electrons. The van der Waals surface area contributed by atoms with E-state index in [0.29, 0.717) is 0 Å². The molecule has 11 rings (SSSR count). The highest BCUT2D eigenvalue weighted by molar-refractivity contribution is 6.19. The summed E-state index contributed by atoms with van der Waals surface area (Å²) in [5.41, 5.74) is 18.2. The van der Waals surface area contributed by atoms with E-state index in [9.17, 15) is 0 Å². The lowest BCUT2D eigenvalue weighted by Crippen LogP contribution is -2.06. The van der Waals surface area contributed by atoms with Crippen LogP contribution in [0.1, 0.15) is 89.4 Å². The fraction of sp³-hybridized carbons (Fsp3) is 0.140. The number of nitrogens with zero attached hydrogens (tertiary/aromatic N) is 1. The lowest BCUT2D eigenvalue weighted by atomic mass is 9.80. The zero-order chi connectivity index (χ0) is 39.3. The number of aliphatic imine (C=N–C) groups is 1. The van der Waals surface area contributed by atoms with Crippen molar-refractivity contribution >= 4 is 55.6 Å². The van der Waals surface area contributed by atoms with E-state index in [0.717, 1.165) is 66.5 Å². The normalized spacial score (nSPS) is 19.2. The van der Waals surface area contributed by atoms with Gasteiger partial charge in [0.25, 0.3) is 0 Å². The molecule has 2 nitrogen and oxygen atoms in total. The minimum Gasteiger partial charge on any atom is -0.455 e. The van der Waals surface area contributed by atoms with Crippen LogP contribution in [-0.2, 0) is 0 Å². The molecule has 0 N–H and O–H groups in total. The van der Waals surface area contributed by atoms with Gasteiger partial charge >= 0.3 is 0 Å². The Morgan fingerprint density at radius 1 is 0.644 bits per heavy atom. The van der Waals surface area contributed by atoms with E-state index in [2.05, 4.69) is 183 Å². The van der Waals surface area contributed by atoms with Gasteiger partial charge in [-0.3, -0.25) is 4.99 Å². The average Bonchev–Trinajstić information content (AvgIpc) is 3.60. The van der Waals surface area contributed by atoms with E-state index in [1.165, 1.54) is 77.2 Å². The summed E-state index contributed by atoms with van der Waals surface area (Å²) < 4.78 is 6.77. The molecule has 2 unspecified atom stereocenters. The fourth-order valence-electron chi connectivity index (χ4n) is 9.88. The first kappa shape index (κ1) is 35.4. The topological polar surface area (TPSA) is 25.5 Å². The van der Waals surface area contributed by atoms with Crippen molar-refractivity contribution in [1.29, 1.82) is 0 Å². The first-order valence-corrected chi connectivity index (χ1v) is 21.2. The molecule has 0 spiro atoms. The van der Waals surface area contributed by atoms with Gasteiger partial charge in [0.15, 0.2) is 0 Å². The summed E-state index contributed by atoms with van der Waals surface area (Å²) >= 11 is 0. The Bertz CT molecular complexity index is 3050. The minimum absolute atomic E-state index is 0.0214. The van der Waals surface area contributed by atoms with Crippen molar-refractivity contribution in [1.82, 2.24) is 0 Å². The van der Waals surface area contributed by atoms with Gasteiger partial charge in [-0.05, 0) is 129 Å². The van der Waals surface area contributed by atoms with E-state index in [1.807, 2.05) is 0 Å². The molecule has 1 aliphatic heterocycles. The fourth-order valence-corrected chi connectivity index (χ4v) is 9.88. The molecule has 2 atom stereocenters. The van der Waals surface area contributed by atoms with Crippen molar-refractivity contribution < 1.29 is 4.42 Å². The highest BCUT2D eigenvalue weighted by Gasteiger charge is 2.26. The second-order valence-electron chi connectivity index (χ2n) is 16.4. The van der Waals surface area contributed by atoms with E-state index in [4.69, 9.17) is 9.41 Å². The van der Waals surface area contributed by atoms with Gasteiger partial charge in [-0.2, -0.15) is 0 Å². The summed E-state index contributed by atoms with van der Waals surface area (Å²) in [5.74, 6) is 0.289. The quantitative estimate of drug-likeness (QED) is 0.166. The first-order valence-electron chi connectivity index (χ1n) is 21.2. The van der Waals surface area contributed by atoms with Crippen LogP contribution in [0.3, 0.4) is 0 Å². The largest absolute Gasteiger partial charge is 0.455 e. The molecule has 59 heavy (non-hydrogen) atoms. The molecule has 0 saturated carbocycles. The average molecular weight is 760 g/mol. The summed E-state index contributed by atoms with van der Waals surface area (Å²) in [7, 11) is 0. The third kappa shape index (κ3) is 6.40. The van der Waals surface area contributed by atoms with Crippen LogP contribution in [0.25, 0.3) is 49.9 Å².